The molecule has 27 heavy (non-hydrogen) atoms. The van der Waals surface area contributed by atoms with Crippen LogP contribution in [0.4, 0.5) is 5.95 Å². The van der Waals surface area contributed by atoms with Crippen molar-refractivity contribution in [2.75, 3.05) is 12.4 Å². The number of pyridine rings is 1. The molecule has 0 fully saturated rings. The summed E-state index contributed by atoms with van der Waals surface area (Å²) in [7, 11) is 1.63. The molecule has 4 aromatic rings. The van der Waals surface area contributed by atoms with E-state index in [1.807, 2.05) is 36.4 Å². The highest BCUT2D eigenvalue weighted by Gasteiger charge is 2.11. The van der Waals surface area contributed by atoms with Crippen molar-refractivity contribution < 1.29 is 9.53 Å². The van der Waals surface area contributed by atoms with Crippen molar-refractivity contribution >= 4 is 29.1 Å². The Morgan fingerprint density at radius 1 is 1.07 bits per heavy atom. The first-order chi connectivity index (χ1) is 13.1. The lowest BCUT2D eigenvalue weighted by atomic mass is 10.1. The smallest absolute Gasteiger partial charge is 0.258 e. The Hall–Kier alpha value is -3.38. The van der Waals surface area contributed by atoms with Gasteiger partial charge in [-0.25, -0.2) is 4.52 Å². The SMILES string of the molecule is COc1cccc(-c2ccn3nc(NC(=O)c4cccc(Cl)c4)nc3c2)c1. The molecule has 2 aromatic heterocycles. The maximum Gasteiger partial charge on any atom is 0.258 e. The number of ether oxygens (including phenoxy) is 1. The second-order valence-electron chi connectivity index (χ2n) is 5.85. The summed E-state index contributed by atoms with van der Waals surface area (Å²) in [4.78, 5) is 16.7. The zero-order valence-corrected chi connectivity index (χ0v) is 15.1. The molecular weight excluding hydrogens is 364 g/mol. The van der Waals surface area contributed by atoms with E-state index in [1.165, 1.54) is 0 Å². The molecule has 0 atom stereocenters. The molecule has 2 heterocycles. The third-order valence-corrected chi connectivity index (χ3v) is 4.29. The van der Waals surface area contributed by atoms with Gasteiger partial charge >= 0.3 is 0 Å². The minimum atomic E-state index is -0.318. The van der Waals surface area contributed by atoms with E-state index in [4.69, 9.17) is 16.3 Å². The van der Waals surface area contributed by atoms with Gasteiger partial charge < -0.3 is 4.74 Å². The van der Waals surface area contributed by atoms with Crippen LogP contribution in [0.5, 0.6) is 5.75 Å². The van der Waals surface area contributed by atoms with Gasteiger partial charge in [-0.15, -0.1) is 5.10 Å². The Morgan fingerprint density at radius 2 is 1.89 bits per heavy atom. The van der Waals surface area contributed by atoms with E-state index in [1.54, 1.807) is 42.1 Å². The van der Waals surface area contributed by atoms with Crippen molar-refractivity contribution in [3.8, 4) is 16.9 Å². The van der Waals surface area contributed by atoms with E-state index in [2.05, 4.69) is 15.4 Å². The molecule has 7 heteroatoms. The molecule has 0 saturated carbocycles. The van der Waals surface area contributed by atoms with Crippen LogP contribution in [-0.2, 0) is 0 Å². The van der Waals surface area contributed by atoms with Crippen LogP contribution in [0.25, 0.3) is 16.8 Å². The normalized spacial score (nSPS) is 10.7. The van der Waals surface area contributed by atoms with Gasteiger partial charge in [0.1, 0.15) is 5.75 Å². The molecule has 0 spiro atoms. The number of fused-ring (bicyclic) bond motifs is 1. The zero-order valence-electron chi connectivity index (χ0n) is 14.4. The Kier molecular flexibility index (Phi) is 4.48. The molecule has 0 aliphatic rings. The zero-order chi connectivity index (χ0) is 18.8. The molecule has 134 valence electrons. The average molecular weight is 379 g/mol. The number of nitrogens with zero attached hydrogens (tertiary/aromatic N) is 3. The van der Waals surface area contributed by atoms with Gasteiger partial charge in [-0.1, -0.05) is 29.8 Å². The number of hydrogen-bond acceptors (Lipinski definition) is 4. The van der Waals surface area contributed by atoms with Gasteiger partial charge in [0.25, 0.3) is 5.91 Å². The summed E-state index contributed by atoms with van der Waals surface area (Å²) in [6.07, 6.45) is 1.80. The number of anilines is 1. The number of aromatic nitrogens is 3. The number of methoxy groups -OCH3 is 1. The molecular formula is C20H15ClN4O2. The first-order valence-corrected chi connectivity index (χ1v) is 8.58. The lowest BCUT2D eigenvalue weighted by Crippen LogP contribution is -2.12. The van der Waals surface area contributed by atoms with Crippen molar-refractivity contribution in [3.63, 3.8) is 0 Å². The third kappa shape index (κ3) is 3.61. The number of benzene rings is 2. The average Bonchev–Trinajstić information content (AvgIpc) is 3.09. The van der Waals surface area contributed by atoms with E-state index < -0.39 is 0 Å². The van der Waals surface area contributed by atoms with E-state index in [9.17, 15) is 4.79 Å². The standard InChI is InChI=1S/C20H15ClN4O2/c1-27-17-7-3-4-13(11-17)14-8-9-25-18(12-14)22-20(24-25)23-19(26)15-5-2-6-16(21)10-15/h2-12H,1H3,(H,23,24,26). The van der Waals surface area contributed by atoms with E-state index in [0.717, 1.165) is 16.9 Å². The molecule has 6 nitrogen and oxygen atoms in total. The van der Waals surface area contributed by atoms with Crippen LogP contribution in [0.2, 0.25) is 5.02 Å². The van der Waals surface area contributed by atoms with Crippen molar-refractivity contribution in [1.82, 2.24) is 14.6 Å². The second-order valence-corrected chi connectivity index (χ2v) is 6.29. The van der Waals surface area contributed by atoms with E-state index in [-0.39, 0.29) is 11.9 Å². The maximum atomic E-state index is 12.3. The fraction of sp³-hybridized carbons (Fsp3) is 0.0500. The van der Waals surface area contributed by atoms with E-state index in [0.29, 0.717) is 16.2 Å². The summed E-state index contributed by atoms with van der Waals surface area (Å²) in [5, 5.41) is 7.47. The number of halogens is 1. The van der Waals surface area contributed by atoms with E-state index >= 15 is 0 Å². The predicted octanol–water partition coefficient (Wildman–Crippen LogP) is 4.31. The quantitative estimate of drug-likeness (QED) is 0.574. The van der Waals surface area contributed by atoms with Gasteiger partial charge in [-0.2, -0.15) is 4.98 Å². The molecule has 0 radical (unpaired) electrons. The minimum absolute atomic E-state index is 0.225. The van der Waals surface area contributed by atoms with Gasteiger partial charge in [-0.3, -0.25) is 10.1 Å². The molecule has 0 aliphatic carbocycles. The fourth-order valence-corrected chi connectivity index (χ4v) is 2.91. The monoisotopic (exact) mass is 378 g/mol. The molecule has 2 aromatic carbocycles. The van der Waals surface area contributed by atoms with Gasteiger partial charge in [0.15, 0.2) is 5.65 Å². The lowest BCUT2D eigenvalue weighted by Gasteiger charge is -2.04. The lowest BCUT2D eigenvalue weighted by molar-refractivity contribution is 0.102. The first kappa shape index (κ1) is 17.1. The highest BCUT2D eigenvalue weighted by atomic mass is 35.5. The summed E-state index contributed by atoms with van der Waals surface area (Å²) in [6, 6.07) is 18.3. The van der Waals surface area contributed by atoms with Crippen LogP contribution >= 0.6 is 11.6 Å². The Bertz CT molecular complexity index is 1140. The number of amides is 1. The summed E-state index contributed by atoms with van der Waals surface area (Å²) < 4.78 is 6.88. The molecule has 0 aliphatic heterocycles. The van der Waals surface area contributed by atoms with Crippen LogP contribution in [-0.4, -0.2) is 27.6 Å². The van der Waals surface area contributed by atoms with Crippen molar-refractivity contribution in [2.45, 2.75) is 0 Å². The van der Waals surface area contributed by atoms with Gasteiger partial charge in [0.05, 0.1) is 7.11 Å². The predicted molar refractivity (Wildman–Crippen MR) is 104 cm³/mol. The number of hydrogen-bond donors (Lipinski definition) is 1. The largest absolute Gasteiger partial charge is 0.497 e. The molecule has 0 saturated heterocycles. The number of nitrogens with one attached hydrogen (secondary N) is 1. The van der Waals surface area contributed by atoms with Gasteiger partial charge in [-0.05, 0) is 53.6 Å². The van der Waals surface area contributed by atoms with Crippen molar-refractivity contribution in [1.29, 1.82) is 0 Å². The third-order valence-electron chi connectivity index (χ3n) is 4.05. The Balaban J connectivity index is 1.62. The summed E-state index contributed by atoms with van der Waals surface area (Å²) in [5.41, 5.74) is 3.04. The van der Waals surface area contributed by atoms with Crippen LogP contribution in [0.3, 0.4) is 0 Å². The Morgan fingerprint density at radius 3 is 2.70 bits per heavy atom. The number of rotatable bonds is 4. The topological polar surface area (TPSA) is 68.5 Å². The molecule has 0 unspecified atom stereocenters. The fourth-order valence-electron chi connectivity index (χ4n) is 2.72. The second kappa shape index (κ2) is 7.09. The number of carbonyl (C=O) groups is 1. The van der Waals surface area contributed by atoms with Crippen LogP contribution in [0.15, 0.2) is 66.9 Å². The van der Waals surface area contributed by atoms with Gasteiger partial charge in [0.2, 0.25) is 5.95 Å². The molecule has 1 N–H and O–H groups in total. The number of carbonyl (C=O) groups excluding carboxylic acids is 1. The molecule has 1 amide bonds. The summed E-state index contributed by atoms with van der Waals surface area (Å²) in [6.45, 7) is 0. The maximum absolute atomic E-state index is 12.3. The molecule has 0 bridgehead atoms. The van der Waals surface area contributed by atoms with Gasteiger partial charge in [0, 0.05) is 16.8 Å². The van der Waals surface area contributed by atoms with Crippen LogP contribution in [0, 0.1) is 0 Å². The van der Waals surface area contributed by atoms with Crippen molar-refractivity contribution in [2.24, 2.45) is 0 Å². The summed E-state index contributed by atoms with van der Waals surface area (Å²) >= 11 is 5.93. The first-order valence-electron chi connectivity index (χ1n) is 8.20. The Labute approximate surface area is 160 Å². The van der Waals surface area contributed by atoms with Crippen LogP contribution < -0.4 is 10.1 Å². The summed E-state index contributed by atoms with van der Waals surface area (Å²) in [5.74, 6) is 0.688. The van der Waals surface area contributed by atoms with Crippen LogP contribution in [0.1, 0.15) is 10.4 Å². The highest BCUT2D eigenvalue weighted by molar-refractivity contribution is 6.31. The minimum Gasteiger partial charge on any atom is -0.497 e. The van der Waals surface area contributed by atoms with Crippen molar-refractivity contribution in [3.05, 3.63) is 77.4 Å². The highest BCUT2D eigenvalue weighted by Crippen LogP contribution is 2.24. The molecule has 4 rings (SSSR count).